The highest BCUT2D eigenvalue weighted by atomic mass is 19.1. The van der Waals surface area contributed by atoms with Crippen LogP contribution < -0.4 is 0 Å². The maximum atomic E-state index is 13.3. The predicted octanol–water partition coefficient (Wildman–Crippen LogP) is 4.03. The van der Waals surface area contributed by atoms with Gasteiger partial charge in [-0.25, -0.2) is 4.39 Å². The smallest absolute Gasteiger partial charge is 0.150 e. The lowest BCUT2D eigenvalue weighted by Crippen LogP contribution is -2.08. The van der Waals surface area contributed by atoms with Crippen LogP contribution in [0.4, 0.5) is 4.39 Å². The van der Waals surface area contributed by atoms with E-state index in [2.05, 4.69) is 5.16 Å². The van der Waals surface area contributed by atoms with Crippen LogP contribution in [-0.2, 0) is 5.67 Å². The molecule has 0 aromatic carbocycles. The van der Waals surface area contributed by atoms with Crippen LogP contribution in [0, 0.1) is 0 Å². The van der Waals surface area contributed by atoms with Gasteiger partial charge in [0.2, 0.25) is 0 Å². The molecule has 82 valence electrons. The second-order valence-corrected chi connectivity index (χ2v) is 3.74. The fraction of sp³-hybridized carbons (Fsp3) is 0.727. The summed E-state index contributed by atoms with van der Waals surface area (Å²) in [5.74, 6) is 0.990. The van der Waals surface area contributed by atoms with Crippen LogP contribution in [0.25, 0.3) is 0 Å². The molecule has 0 aliphatic carbocycles. The Labute approximate surface area is 85.5 Å². The third-order valence-electron chi connectivity index (χ3n) is 1.71. The third-order valence-corrected chi connectivity index (χ3v) is 1.71. The van der Waals surface area contributed by atoms with Gasteiger partial charge in [0, 0.05) is 12.0 Å². The first-order valence-corrected chi connectivity index (χ1v) is 5.07. The Balaban J connectivity index is 0.000000791. The Morgan fingerprint density at radius 3 is 2.07 bits per heavy atom. The number of hydrogen-bond donors (Lipinski definition) is 0. The van der Waals surface area contributed by atoms with E-state index >= 15 is 0 Å². The number of hydrogen-bond acceptors (Lipinski definition) is 2. The standard InChI is InChI=1S/C9H14FNO.C2H6/c1-6(2)7-5-8(11-12-7)9(3,4)10;1-2/h5-6H,1-4H3;1-2H3. The molecule has 1 aromatic rings. The fourth-order valence-electron chi connectivity index (χ4n) is 0.842. The number of halogens is 1. The van der Waals surface area contributed by atoms with Crippen molar-refractivity contribution < 1.29 is 8.91 Å². The molecule has 0 amide bonds. The Morgan fingerprint density at radius 1 is 1.36 bits per heavy atom. The van der Waals surface area contributed by atoms with Crippen molar-refractivity contribution in [1.82, 2.24) is 5.16 Å². The summed E-state index contributed by atoms with van der Waals surface area (Å²) in [4.78, 5) is 0. The zero-order chi connectivity index (χ0) is 11.4. The molecule has 0 N–H and O–H groups in total. The largest absolute Gasteiger partial charge is 0.361 e. The van der Waals surface area contributed by atoms with E-state index in [1.807, 2.05) is 27.7 Å². The Hall–Kier alpha value is -0.860. The van der Waals surface area contributed by atoms with Gasteiger partial charge in [0.1, 0.15) is 11.5 Å². The minimum atomic E-state index is -1.41. The summed E-state index contributed by atoms with van der Waals surface area (Å²) in [5.41, 5.74) is -1.04. The molecule has 0 atom stereocenters. The van der Waals surface area contributed by atoms with Gasteiger partial charge in [0.25, 0.3) is 0 Å². The molecule has 0 spiro atoms. The lowest BCUT2D eigenvalue weighted by atomic mass is 10.1. The molecule has 0 aliphatic heterocycles. The van der Waals surface area contributed by atoms with Crippen LogP contribution >= 0.6 is 0 Å². The molecule has 0 radical (unpaired) electrons. The molecule has 0 aliphatic rings. The highest BCUT2D eigenvalue weighted by Crippen LogP contribution is 2.26. The Bertz CT molecular complexity index is 260. The van der Waals surface area contributed by atoms with Crippen LogP contribution in [0.5, 0.6) is 0 Å². The highest BCUT2D eigenvalue weighted by Gasteiger charge is 2.24. The summed E-state index contributed by atoms with van der Waals surface area (Å²) in [7, 11) is 0. The SMILES string of the molecule is CC.CC(C)c1cc(C(C)(C)F)no1. The van der Waals surface area contributed by atoms with Gasteiger partial charge in [-0.15, -0.1) is 0 Å². The molecule has 1 heterocycles. The summed E-state index contributed by atoms with van der Waals surface area (Å²) in [6.07, 6.45) is 0. The maximum Gasteiger partial charge on any atom is 0.150 e. The minimum Gasteiger partial charge on any atom is -0.361 e. The van der Waals surface area contributed by atoms with Gasteiger partial charge < -0.3 is 4.52 Å². The lowest BCUT2D eigenvalue weighted by Gasteiger charge is -2.07. The molecule has 1 aromatic heterocycles. The number of aromatic nitrogens is 1. The normalized spacial score (nSPS) is 11.1. The van der Waals surface area contributed by atoms with Crippen molar-refractivity contribution in [1.29, 1.82) is 0 Å². The van der Waals surface area contributed by atoms with E-state index in [-0.39, 0.29) is 5.92 Å². The zero-order valence-corrected chi connectivity index (χ0v) is 9.89. The van der Waals surface area contributed by atoms with Crippen molar-refractivity contribution in [2.45, 2.75) is 53.1 Å². The first kappa shape index (κ1) is 13.1. The van der Waals surface area contributed by atoms with Crippen molar-refractivity contribution in [2.24, 2.45) is 0 Å². The van der Waals surface area contributed by atoms with E-state index in [1.165, 1.54) is 13.8 Å². The van der Waals surface area contributed by atoms with Crippen molar-refractivity contribution in [2.75, 3.05) is 0 Å². The lowest BCUT2D eigenvalue weighted by molar-refractivity contribution is 0.203. The average Bonchev–Trinajstić information content (AvgIpc) is 2.54. The molecule has 0 unspecified atom stereocenters. The number of alkyl halides is 1. The summed E-state index contributed by atoms with van der Waals surface area (Å²) in [6.45, 7) is 10.9. The van der Waals surface area contributed by atoms with E-state index in [0.717, 1.165) is 5.76 Å². The molecule has 14 heavy (non-hydrogen) atoms. The molecule has 1 rings (SSSR count). The first-order chi connectivity index (χ1) is 6.41. The van der Waals surface area contributed by atoms with Crippen LogP contribution in [0.1, 0.15) is 58.9 Å². The second-order valence-electron chi connectivity index (χ2n) is 3.74. The molecule has 3 heteroatoms. The first-order valence-electron chi connectivity index (χ1n) is 5.07. The van der Waals surface area contributed by atoms with E-state index in [0.29, 0.717) is 5.69 Å². The summed E-state index contributed by atoms with van der Waals surface area (Å²) >= 11 is 0. The molecule has 0 saturated carbocycles. The van der Waals surface area contributed by atoms with Crippen LogP contribution in [0.15, 0.2) is 10.6 Å². The second kappa shape index (κ2) is 5.13. The van der Waals surface area contributed by atoms with Gasteiger partial charge in [-0.05, 0) is 13.8 Å². The van der Waals surface area contributed by atoms with Gasteiger partial charge in [0.05, 0.1) is 0 Å². The fourth-order valence-corrected chi connectivity index (χ4v) is 0.842. The van der Waals surface area contributed by atoms with Crippen molar-refractivity contribution in [3.05, 3.63) is 17.5 Å². The molecular weight excluding hydrogens is 181 g/mol. The molecule has 0 bridgehead atoms. The van der Waals surface area contributed by atoms with Gasteiger partial charge in [-0.2, -0.15) is 0 Å². The molecule has 0 saturated heterocycles. The summed E-state index contributed by atoms with van der Waals surface area (Å²) < 4.78 is 18.2. The predicted molar refractivity (Wildman–Crippen MR) is 56.1 cm³/mol. The summed E-state index contributed by atoms with van der Waals surface area (Å²) in [5, 5.41) is 3.66. The summed E-state index contributed by atoms with van der Waals surface area (Å²) in [6, 6.07) is 1.67. The van der Waals surface area contributed by atoms with Crippen LogP contribution in [0.3, 0.4) is 0 Å². The van der Waals surface area contributed by atoms with Gasteiger partial charge in [-0.1, -0.05) is 32.9 Å². The van der Waals surface area contributed by atoms with Gasteiger partial charge in [0.15, 0.2) is 5.67 Å². The van der Waals surface area contributed by atoms with Crippen LogP contribution in [-0.4, -0.2) is 5.16 Å². The van der Waals surface area contributed by atoms with E-state index < -0.39 is 5.67 Å². The van der Waals surface area contributed by atoms with E-state index in [9.17, 15) is 4.39 Å². The van der Waals surface area contributed by atoms with Crippen molar-refractivity contribution in [3.63, 3.8) is 0 Å². The third kappa shape index (κ3) is 3.48. The van der Waals surface area contributed by atoms with Gasteiger partial charge in [-0.3, -0.25) is 0 Å². The number of rotatable bonds is 2. The molecule has 0 fully saturated rings. The zero-order valence-electron chi connectivity index (χ0n) is 9.89. The molecule has 2 nitrogen and oxygen atoms in total. The van der Waals surface area contributed by atoms with E-state index in [1.54, 1.807) is 6.07 Å². The average molecular weight is 201 g/mol. The quantitative estimate of drug-likeness (QED) is 0.722. The topological polar surface area (TPSA) is 26.0 Å². The minimum absolute atomic E-state index is 0.258. The van der Waals surface area contributed by atoms with Crippen LogP contribution in [0.2, 0.25) is 0 Å². The molecular formula is C11H20FNO. The Morgan fingerprint density at radius 2 is 1.86 bits per heavy atom. The Kier molecular flexibility index (Phi) is 4.81. The van der Waals surface area contributed by atoms with Gasteiger partial charge >= 0.3 is 0 Å². The monoisotopic (exact) mass is 201 g/mol. The van der Waals surface area contributed by atoms with E-state index in [4.69, 9.17) is 4.52 Å². The number of nitrogens with zero attached hydrogens (tertiary/aromatic N) is 1. The van der Waals surface area contributed by atoms with Crippen molar-refractivity contribution in [3.8, 4) is 0 Å². The highest BCUT2D eigenvalue weighted by molar-refractivity contribution is 5.13. The maximum absolute atomic E-state index is 13.3. The van der Waals surface area contributed by atoms with Crippen molar-refractivity contribution >= 4 is 0 Å².